The molecule has 96 valence electrons. The Morgan fingerprint density at radius 1 is 0.625 bits per heavy atom. The molecule has 16 heavy (non-hydrogen) atoms. The molecule has 0 saturated heterocycles. The van der Waals surface area contributed by atoms with Gasteiger partial charge >= 0.3 is 18.6 Å². The first kappa shape index (κ1) is 25.1. The monoisotopic (exact) mass is 340 g/mol. The summed E-state index contributed by atoms with van der Waals surface area (Å²) in [4.78, 5) is 0. The summed E-state index contributed by atoms with van der Waals surface area (Å²) in [5.41, 5.74) is 0. The first-order valence-corrected chi connectivity index (χ1v) is 6.05. The largest absolute Gasteiger partial charge is 5.00 e. The molecule has 0 aliphatic heterocycles. The van der Waals surface area contributed by atoms with Gasteiger partial charge in [-0.2, -0.15) is 0 Å². The maximum absolute atomic E-state index is 8.63. The Morgan fingerprint density at radius 3 is 0.625 bits per heavy atom. The third kappa shape index (κ3) is 65400. The molecule has 0 heterocycles. The Bertz CT molecular complexity index is 337. The van der Waals surface area contributed by atoms with Gasteiger partial charge in [-0.25, -0.2) is 8.42 Å². The molecule has 0 amide bonds. The van der Waals surface area contributed by atoms with Gasteiger partial charge in [0.1, 0.15) is 0 Å². The van der Waals surface area contributed by atoms with Crippen molar-refractivity contribution in [3.05, 3.63) is 0 Å². The topological polar surface area (TPSA) is 238 Å². The molecule has 0 atom stereocenters. The Morgan fingerprint density at radius 2 is 0.625 bits per heavy atom. The van der Waals surface area contributed by atoms with Gasteiger partial charge in [-0.05, 0) is 0 Å². The molecule has 0 aliphatic rings. The smallest absolute Gasteiger partial charge is 0.759 e. The summed E-state index contributed by atoms with van der Waals surface area (Å²) in [5.74, 6) is 0. The van der Waals surface area contributed by atoms with Crippen LogP contribution < -0.4 is 0 Å². The number of hydrogen-bond acceptors (Lipinski definition) is 11. The zero-order chi connectivity index (χ0) is 13.5. The van der Waals surface area contributed by atoms with Crippen LogP contribution in [0, 0.1) is 0 Å². The zero-order valence-electron chi connectivity index (χ0n) is 6.61. The molecular formula is HO12S3V. The summed E-state index contributed by atoms with van der Waals surface area (Å²) in [5, 5.41) is 0. The van der Waals surface area contributed by atoms with Crippen LogP contribution in [0.15, 0.2) is 0 Å². The van der Waals surface area contributed by atoms with Crippen molar-refractivity contribution in [1.82, 2.24) is 0 Å². The fourth-order valence-electron chi connectivity index (χ4n) is 0. The van der Waals surface area contributed by atoms with Crippen LogP contribution in [0.2, 0.25) is 0 Å². The molecule has 16 heteroatoms. The van der Waals surface area contributed by atoms with E-state index in [1.807, 2.05) is 0 Å². The molecule has 0 rings (SSSR count). The van der Waals surface area contributed by atoms with E-state index in [9.17, 15) is 0 Å². The molecule has 0 aromatic carbocycles. The molecule has 0 bridgehead atoms. The molecule has 1 N–H and O–H groups in total. The van der Waals surface area contributed by atoms with E-state index < -0.39 is 31.2 Å². The molecule has 0 fully saturated rings. The Labute approximate surface area is 102 Å². The summed E-state index contributed by atoms with van der Waals surface area (Å²) in [6.45, 7) is 0. The first-order valence-electron chi connectivity index (χ1n) is 2.02. The second-order valence-electron chi connectivity index (χ2n) is 1.24. The standard InChI is InChI=1S/3H2O4S.V/c3*1-5(2,3)4;/h3*(H2,1,2,3,4);/q;;;+5/p-5. The summed E-state index contributed by atoms with van der Waals surface area (Å²) >= 11 is 0. The minimum atomic E-state index is -5.17. The van der Waals surface area contributed by atoms with Gasteiger partial charge in [0.25, 0.3) is 0 Å². The summed E-state index contributed by atoms with van der Waals surface area (Å²) in [6.07, 6.45) is 0. The summed E-state index contributed by atoms with van der Waals surface area (Å²) in [7, 11) is -15.2. The van der Waals surface area contributed by atoms with Crippen molar-refractivity contribution in [3.63, 3.8) is 0 Å². The van der Waals surface area contributed by atoms with Gasteiger partial charge in [-0.3, -0.25) is 21.4 Å². The van der Waals surface area contributed by atoms with Crippen LogP contribution in [0.5, 0.6) is 0 Å². The van der Waals surface area contributed by atoms with Crippen molar-refractivity contribution < 1.29 is 71.1 Å². The van der Waals surface area contributed by atoms with Crippen molar-refractivity contribution in [2.75, 3.05) is 0 Å². The molecule has 0 aromatic heterocycles. The van der Waals surface area contributed by atoms with Gasteiger partial charge in [0.05, 0.1) is 0 Å². The number of hydrogen-bond donors (Lipinski definition) is 1. The summed E-state index contributed by atoms with van der Waals surface area (Å²) in [6, 6.07) is 0. The van der Waals surface area contributed by atoms with Gasteiger partial charge in [0.15, 0.2) is 0 Å². The second kappa shape index (κ2) is 9.25. The SMILES string of the molecule is O=S(=O)([O-])O.O=S(=O)([O-])[O-].O=S(=O)([O-])[O-].[V+5]. The van der Waals surface area contributed by atoms with Crippen molar-refractivity contribution in [1.29, 1.82) is 0 Å². The Kier molecular flexibility index (Phi) is 14.5. The molecule has 0 spiro atoms. The van der Waals surface area contributed by atoms with E-state index >= 15 is 0 Å². The molecule has 12 nitrogen and oxygen atoms in total. The fraction of sp³-hybridized carbons (Fsp3) is 0. The van der Waals surface area contributed by atoms with Crippen LogP contribution in [0.25, 0.3) is 0 Å². The van der Waals surface area contributed by atoms with Crippen LogP contribution in [0.3, 0.4) is 0 Å². The van der Waals surface area contributed by atoms with E-state index in [1.54, 1.807) is 0 Å². The molecule has 0 unspecified atom stereocenters. The first-order chi connectivity index (χ1) is 6.00. The predicted octanol–water partition coefficient (Wildman–Crippen LogP) is -3.67. The van der Waals surface area contributed by atoms with E-state index in [0.29, 0.717) is 0 Å². The average molecular weight is 340 g/mol. The predicted molar refractivity (Wildman–Crippen MR) is 33.3 cm³/mol. The van der Waals surface area contributed by atoms with Gasteiger partial charge in [-0.15, -0.1) is 0 Å². The van der Waals surface area contributed by atoms with Crippen molar-refractivity contribution in [2.45, 2.75) is 0 Å². The van der Waals surface area contributed by atoms with Gasteiger partial charge < -0.3 is 22.8 Å². The van der Waals surface area contributed by atoms with E-state index in [2.05, 4.69) is 0 Å². The van der Waals surface area contributed by atoms with E-state index in [0.717, 1.165) is 0 Å². The molecule has 0 radical (unpaired) electrons. The summed E-state index contributed by atoms with van der Waals surface area (Å²) < 4.78 is 101. The van der Waals surface area contributed by atoms with Crippen LogP contribution in [-0.4, -0.2) is 52.6 Å². The quantitative estimate of drug-likeness (QED) is 0.331. The minimum absolute atomic E-state index is 0. The molecule has 0 saturated carbocycles. The van der Waals surface area contributed by atoms with E-state index in [4.69, 9.17) is 52.6 Å². The normalized spacial score (nSPS) is 10.9. The number of rotatable bonds is 0. The van der Waals surface area contributed by atoms with Crippen LogP contribution in [-0.2, 0) is 49.8 Å². The third-order valence-corrected chi connectivity index (χ3v) is 0. The van der Waals surface area contributed by atoms with Crippen molar-refractivity contribution in [3.8, 4) is 0 Å². The third-order valence-electron chi connectivity index (χ3n) is 0. The zero-order valence-corrected chi connectivity index (χ0v) is 10.5. The minimum Gasteiger partial charge on any atom is -0.759 e. The van der Waals surface area contributed by atoms with Crippen molar-refractivity contribution in [2.24, 2.45) is 0 Å². The fourth-order valence-corrected chi connectivity index (χ4v) is 0. The Hall–Kier alpha value is 0.194. The van der Waals surface area contributed by atoms with E-state index in [1.165, 1.54) is 0 Å². The van der Waals surface area contributed by atoms with Crippen LogP contribution >= 0.6 is 0 Å². The van der Waals surface area contributed by atoms with Crippen LogP contribution in [0.4, 0.5) is 0 Å². The van der Waals surface area contributed by atoms with Crippen LogP contribution in [0.1, 0.15) is 0 Å². The van der Waals surface area contributed by atoms with Gasteiger partial charge in [0, 0.05) is 20.8 Å². The van der Waals surface area contributed by atoms with E-state index in [-0.39, 0.29) is 18.6 Å². The average Bonchev–Trinajstić information content (AvgIpc) is 1.41. The molecule has 0 aliphatic carbocycles. The molecule has 0 aromatic rings. The van der Waals surface area contributed by atoms with Crippen molar-refractivity contribution >= 4 is 31.2 Å². The van der Waals surface area contributed by atoms with Gasteiger partial charge in [-0.1, -0.05) is 0 Å². The van der Waals surface area contributed by atoms with Gasteiger partial charge in [0.2, 0.25) is 10.4 Å². The maximum atomic E-state index is 8.63. The second-order valence-corrected chi connectivity index (χ2v) is 3.73. The Balaban J connectivity index is -0.0000000655. The molecular weight excluding hydrogens is 339 g/mol. The maximum Gasteiger partial charge on any atom is 5.00 e.